The molecule has 0 aliphatic rings. The maximum Gasteiger partial charge on any atom is 0.508 e. The number of hydrogen-bond donors (Lipinski definition) is 2. The van der Waals surface area contributed by atoms with E-state index in [0.29, 0.717) is 5.69 Å². The smallest absolute Gasteiger partial charge is 0.422 e. The molecule has 0 radical (unpaired) electrons. The Kier molecular flexibility index (Phi) is 4.06. The number of pyridine rings is 1. The van der Waals surface area contributed by atoms with E-state index in [2.05, 4.69) is 47.4 Å². The van der Waals surface area contributed by atoms with Crippen molar-refractivity contribution in [1.29, 1.82) is 0 Å². The lowest BCUT2D eigenvalue weighted by Crippen LogP contribution is -2.32. The third kappa shape index (κ3) is 3.18. The molecule has 1 aromatic heterocycles. The molecule has 0 atom stereocenters. The molecule has 0 aliphatic heterocycles. The number of hydrogen-bond acceptors (Lipinski definition) is 3. The van der Waals surface area contributed by atoms with Crippen LogP contribution >= 0.6 is 0 Å². The Morgan fingerprint density at radius 3 is 2.16 bits per heavy atom. The Labute approximate surface area is 146 Å². The molecule has 3 nitrogen and oxygen atoms in total. The average Bonchev–Trinajstić information content (AvgIpc) is 2.68. The summed E-state index contributed by atoms with van der Waals surface area (Å²) in [6, 6.07) is 28.0. The van der Waals surface area contributed by atoms with Gasteiger partial charge >= 0.3 is 7.12 Å². The molecule has 4 heteroatoms. The lowest BCUT2D eigenvalue weighted by molar-refractivity contribution is 0.424. The molecular weight excluding hydrogens is 309 g/mol. The van der Waals surface area contributed by atoms with Crippen LogP contribution in [0.2, 0.25) is 0 Å². The fourth-order valence-corrected chi connectivity index (χ4v) is 2.98. The van der Waals surface area contributed by atoms with E-state index in [1.165, 1.54) is 10.8 Å². The standard InChI is InChI=1S/C21H16BNO2/c24-22(25)21-10-4-9-20(23-21)19-8-3-7-17(14-19)18-12-11-15-5-1-2-6-16(15)13-18/h1-14,24-25H. The summed E-state index contributed by atoms with van der Waals surface area (Å²) in [4.78, 5) is 4.33. The van der Waals surface area contributed by atoms with Crippen LogP contribution in [0.5, 0.6) is 0 Å². The van der Waals surface area contributed by atoms with Gasteiger partial charge in [-0.15, -0.1) is 0 Å². The third-order valence-electron chi connectivity index (χ3n) is 4.28. The summed E-state index contributed by atoms with van der Waals surface area (Å²) in [6.07, 6.45) is 0. The first kappa shape index (κ1) is 15.6. The minimum atomic E-state index is -1.57. The van der Waals surface area contributed by atoms with Gasteiger partial charge in [0.05, 0.1) is 11.3 Å². The van der Waals surface area contributed by atoms with Crippen molar-refractivity contribution in [2.45, 2.75) is 0 Å². The molecule has 0 saturated heterocycles. The van der Waals surface area contributed by atoms with Gasteiger partial charge in [0.2, 0.25) is 0 Å². The van der Waals surface area contributed by atoms with E-state index in [1.54, 1.807) is 12.1 Å². The molecule has 25 heavy (non-hydrogen) atoms. The second kappa shape index (κ2) is 6.51. The molecule has 1 heterocycles. The summed E-state index contributed by atoms with van der Waals surface area (Å²) in [5.74, 6) is 0. The summed E-state index contributed by atoms with van der Waals surface area (Å²) in [7, 11) is -1.57. The monoisotopic (exact) mass is 325 g/mol. The van der Waals surface area contributed by atoms with Gasteiger partial charge in [0.15, 0.2) is 0 Å². The van der Waals surface area contributed by atoms with Gasteiger partial charge < -0.3 is 10.0 Å². The molecule has 0 bridgehead atoms. The van der Waals surface area contributed by atoms with E-state index in [9.17, 15) is 10.0 Å². The van der Waals surface area contributed by atoms with E-state index < -0.39 is 7.12 Å². The first-order valence-electron chi connectivity index (χ1n) is 8.13. The molecule has 0 fully saturated rings. The van der Waals surface area contributed by atoms with Gasteiger partial charge in [-0.3, -0.25) is 4.98 Å². The zero-order valence-electron chi connectivity index (χ0n) is 13.5. The normalized spacial score (nSPS) is 10.8. The van der Waals surface area contributed by atoms with Crippen molar-refractivity contribution in [3.8, 4) is 22.4 Å². The molecule has 3 aromatic carbocycles. The van der Waals surface area contributed by atoms with Crippen LogP contribution < -0.4 is 5.59 Å². The van der Waals surface area contributed by atoms with E-state index in [4.69, 9.17) is 0 Å². The first-order chi connectivity index (χ1) is 12.2. The zero-order chi connectivity index (χ0) is 17.2. The average molecular weight is 325 g/mol. The molecule has 4 rings (SSSR count). The van der Waals surface area contributed by atoms with Crippen LogP contribution in [0.4, 0.5) is 0 Å². The van der Waals surface area contributed by atoms with Gasteiger partial charge in [-0.2, -0.15) is 0 Å². The highest BCUT2D eigenvalue weighted by molar-refractivity contribution is 6.57. The topological polar surface area (TPSA) is 53.4 Å². The largest absolute Gasteiger partial charge is 0.508 e. The van der Waals surface area contributed by atoms with Crippen molar-refractivity contribution in [3.63, 3.8) is 0 Å². The Hall–Kier alpha value is -2.95. The van der Waals surface area contributed by atoms with Crippen molar-refractivity contribution in [2.75, 3.05) is 0 Å². The minimum absolute atomic E-state index is 0.244. The summed E-state index contributed by atoms with van der Waals surface area (Å²) in [6.45, 7) is 0. The molecule has 0 unspecified atom stereocenters. The molecule has 0 spiro atoms. The van der Waals surface area contributed by atoms with Crippen LogP contribution in [0.15, 0.2) is 84.9 Å². The van der Waals surface area contributed by atoms with Crippen molar-refractivity contribution >= 4 is 23.5 Å². The highest BCUT2D eigenvalue weighted by atomic mass is 16.4. The van der Waals surface area contributed by atoms with Crippen LogP contribution in [-0.4, -0.2) is 22.2 Å². The Morgan fingerprint density at radius 1 is 0.600 bits per heavy atom. The maximum absolute atomic E-state index is 9.32. The van der Waals surface area contributed by atoms with Crippen LogP contribution in [0.1, 0.15) is 0 Å². The summed E-state index contributed by atoms with van der Waals surface area (Å²) in [5, 5.41) is 21.1. The van der Waals surface area contributed by atoms with Gasteiger partial charge in [0, 0.05) is 5.56 Å². The summed E-state index contributed by atoms with van der Waals surface area (Å²) >= 11 is 0. The number of aromatic nitrogens is 1. The lowest BCUT2D eigenvalue weighted by atomic mass is 9.85. The quantitative estimate of drug-likeness (QED) is 0.569. The molecule has 0 amide bonds. The van der Waals surface area contributed by atoms with E-state index >= 15 is 0 Å². The molecule has 2 N–H and O–H groups in total. The van der Waals surface area contributed by atoms with Crippen LogP contribution in [0, 0.1) is 0 Å². The first-order valence-corrected chi connectivity index (χ1v) is 8.13. The van der Waals surface area contributed by atoms with Gasteiger partial charge in [-0.25, -0.2) is 0 Å². The molecular formula is C21H16BNO2. The number of benzene rings is 3. The predicted molar refractivity (Wildman–Crippen MR) is 102 cm³/mol. The van der Waals surface area contributed by atoms with E-state index in [-0.39, 0.29) is 5.59 Å². The van der Waals surface area contributed by atoms with Crippen molar-refractivity contribution in [3.05, 3.63) is 84.9 Å². The fraction of sp³-hybridized carbons (Fsp3) is 0. The van der Waals surface area contributed by atoms with Crippen LogP contribution in [0.25, 0.3) is 33.2 Å². The highest BCUT2D eigenvalue weighted by Crippen LogP contribution is 2.27. The molecule has 0 aliphatic carbocycles. The predicted octanol–water partition coefficient (Wildman–Crippen LogP) is 3.25. The van der Waals surface area contributed by atoms with E-state index in [1.807, 2.05) is 30.3 Å². The van der Waals surface area contributed by atoms with Crippen LogP contribution in [0.3, 0.4) is 0 Å². The molecule has 4 aromatic rings. The number of nitrogens with zero attached hydrogens (tertiary/aromatic N) is 1. The van der Waals surface area contributed by atoms with Crippen molar-refractivity contribution in [2.24, 2.45) is 0 Å². The fourth-order valence-electron chi connectivity index (χ4n) is 2.98. The van der Waals surface area contributed by atoms with Crippen molar-refractivity contribution in [1.82, 2.24) is 4.98 Å². The van der Waals surface area contributed by atoms with E-state index in [0.717, 1.165) is 16.7 Å². The SMILES string of the molecule is OB(O)c1cccc(-c2cccc(-c3ccc4ccccc4c3)c2)n1. The number of fused-ring (bicyclic) bond motifs is 1. The van der Waals surface area contributed by atoms with Gasteiger partial charge in [-0.05, 0) is 46.2 Å². The van der Waals surface area contributed by atoms with Gasteiger partial charge in [-0.1, -0.05) is 60.7 Å². The van der Waals surface area contributed by atoms with Crippen LogP contribution in [-0.2, 0) is 0 Å². The van der Waals surface area contributed by atoms with Gasteiger partial charge in [0.1, 0.15) is 0 Å². The Morgan fingerprint density at radius 2 is 1.32 bits per heavy atom. The second-order valence-corrected chi connectivity index (χ2v) is 5.96. The van der Waals surface area contributed by atoms with Gasteiger partial charge in [0.25, 0.3) is 0 Å². The Bertz CT molecular complexity index is 1050. The number of rotatable bonds is 3. The zero-order valence-corrected chi connectivity index (χ0v) is 13.5. The minimum Gasteiger partial charge on any atom is -0.422 e. The summed E-state index contributed by atoms with van der Waals surface area (Å²) in [5.41, 5.74) is 4.13. The van der Waals surface area contributed by atoms with Crippen molar-refractivity contribution < 1.29 is 10.0 Å². The maximum atomic E-state index is 9.32. The second-order valence-electron chi connectivity index (χ2n) is 5.96. The summed E-state index contributed by atoms with van der Waals surface area (Å²) < 4.78 is 0. The molecule has 120 valence electrons. The molecule has 0 saturated carbocycles. The lowest BCUT2D eigenvalue weighted by Gasteiger charge is -2.08. The highest BCUT2D eigenvalue weighted by Gasteiger charge is 2.13. The third-order valence-corrected chi connectivity index (χ3v) is 4.28. The Balaban J connectivity index is 1.77.